The molecular weight excluding hydrogens is 352 g/mol. The summed E-state index contributed by atoms with van der Waals surface area (Å²) in [7, 11) is 2.02. The van der Waals surface area contributed by atoms with E-state index in [1.54, 1.807) is 13.0 Å². The lowest BCUT2D eigenvalue weighted by Crippen LogP contribution is -2.40. The minimum Gasteiger partial charge on any atom is -0.353 e. The van der Waals surface area contributed by atoms with Crippen LogP contribution in [0.4, 0.5) is 0 Å². The summed E-state index contributed by atoms with van der Waals surface area (Å²) in [5.74, 6) is 0.553. The highest BCUT2D eigenvalue weighted by Crippen LogP contribution is 2.30. The summed E-state index contributed by atoms with van der Waals surface area (Å²) in [5.41, 5.74) is 1.67. The zero-order chi connectivity index (χ0) is 19.7. The van der Waals surface area contributed by atoms with Crippen molar-refractivity contribution in [1.29, 1.82) is 0 Å². The predicted molar refractivity (Wildman–Crippen MR) is 109 cm³/mol. The van der Waals surface area contributed by atoms with Crippen LogP contribution >= 0.6 is 0 Å². The number of hydrogen-bond donors (Lipinski definition) is 0. The van der Waals surface area contributed by atoms with E-state index in [2.05, 4.69) is 15.6 Å². The van der Waals surface area contributed by atoms with Gasteiger partial charge in [0.2, 0.25) is 5.91 Å². The molecule has 28 heavy (non-hydrogen) atoms. The first kappa shape index (κ1) is 18.5. The maximum absolute atomic E-state index is 13.3. The van der Waals surface area contributed by atoms with Gasteiger partial charge in [0, 0.05) is 25.5 Å². The Morgan fingerprint density at radius 1 is 1.14 bits per heavy atom. The van der Waals surface area contributed by atoms with Crippen molar-refractivity contribution in [2.24, 2.45) is 7.05 Å². The fourth-order valence-corrected chi connectivity index (χ4v) is 4.23. The molecule has 2 aromatic heterocycles. The van der Waals surface area contributed by atoms with E-state index in [0.29, 0.717) is 16.7 Å². The van der Waals surface area contributed by atoms with E-state index >= 15 is 0 Å². The number of rotatable bonds is 3. The quantitative estimate of drug-likeness (QED) is 0.703. The van der Waals surface area contributed by atoms with Crippen LogP contribution in [0.25, 0.3) is 10.9 Å². The third-order valence-corrected chi connectivity index (χ3v) is 5.74. The first-order chi connectivity index (χ1) is 13.6. The molecule has 146 valence electrons. The summed E-state index contributed by atoms with van der Waals surface area (Å²) in [5, 5.41) is 0.552. The Balaban J connectivity index is 1.67. The minimum atomic E-state index is -0.151. The molecule has 1 saturated heterocycles. The summed E-state index contributed by atoms with van der Waals surface area (Å²) in [6, 6.07) is 11.5. The summed E-state index contributed by atoms with van der Waals surface area (Å²) >= 11 is 0. The van der Waals surface area contributed by atoms with Crippen molar-refractivity contribution in [1.82, 2.24) is 19.0 Å². The number of carbonyl (C=O) groups is 1. The molecule has 0 aliphatic carbocycles. The molecule has 0 spiro atoms. The number of hydrogen-bond acceptors (Lipinski definition) is 3. The molecule has 0 saturated carbocycles. The Morgan fingerprint density at radius 3 is 2.75 bits per heavy atom. The Morgan fingerprint density at radius 2 is 1.96 bits per heavy atom. The Bertz CT molecular complexity index is 1070. The van der Waals surface area contributed by atoms with E-state index in [1.807, 2.05) is 42.4 Å². The smallest absolute Gasteiger partial charge is 0.261 e. The van der Waals surface area contributed by atoms with Gasteiger partial charge in [-0.2, -0.15) is 0 Å². The summed E-state index contributed by atoms with van der Waals surface area (Å²) in [4.78, 5) is 32.7. The molecule has 4 rings (SSSR count). The zero-order valence-electron chi connectivity index (χ0n) is 16.5. The number of fused-ring (bicyclic) bond motifs is 1. The second kappa shape index (κ2) is 7.62. The first-order valence-electron chi connectivity index (χ1n) is 9.93. The van der Waals surface area contributed by atoms with E-state index in [4.69, 9.17) is 0 Å². The topological polar surface area (TPSA) is 60.1 Å². The molecule has 1 aliphatic heterocycles. The van der Waals surface area contributed by atoms with Gasteiger partial charge in [0.25, 0.3) is 5.56 Å². The van der Waals surface area contributed by atoms with Crippen molar-refractivity contribution in [2.75, 3.05) is 6.54 Å². The predicted octanol–water partition coefficient (Wildman–Crippen LogP) is 3.19. The third kappa shape index (κ3) is 3.35. The average molecular weight is 378 g/mol. The average Bonchev–Trinajstić information content (AvgIpc) is 2.96. The number of nitrogens with zero attached hydrogens (tertiary/aromatic N) is 4. The largest absolute Gasteiger partial charge is 0.353 e. The summed E-state index contributed by atoms with van der Waals surface area (Å²) in [6.45, 7) is 2.55. The molecular formula is C22H26N4O2. The number of likely N-dealkylation sites (tertiary alicyclic amines) is 1. The fourth-order valence-electron chi connectivity index (χ4n) is 4.23. The first-order valence-corrected chi connectivity index (χ1v) is 9.93. The molecule has 0 N–H and O–H groups in total. The normalized spacial score (nSPS) is 17.6. The molecule has 0 radical (unpaired) electrons. The molecule has 1 fully saturated rings. The number of benzene rings is 1. The van der Waals surface area contributed by atoms with Crippen LogP contribution in [0, 0.1) is 6.92 Å². The van der Waals surface area contributed by atoms with E-state index in [-0.39, 0.29) is 24.1 Å². The lowest BCUT2D eigenvalue weighted by Gasteiger charge is -2.31. The second-order valence-electron chi connectivity index (χ2n) is 7.56. The molecule has 1 amide bonds. The van der Waals surface area contributed by atoms with Crippen molar-refractivity contribution in [3.63, 3.8) is 0 Å². The van der Waals surface area contributed by atoms with Crippen LogP contribution in [0.3, 0.4) is 0 Å². The standard InChI is InChI=1S/C22H26N4O2/c1-16-23-18-10-6-5-9-17(18)22(28)26(16)15-21(27)25-14-7-3-4-11-20(25)19-12-8-13-24(19)2/h5-6,8-10,12-13,20H,3-4,7,11,14-15H2,1-2H3/t20-/m1/s1. The number of aryl methyl sites for hydroxylation is 2. The maximum Gasteiger partial charge on any atom is 0.261 e. The van der Waals surface area contributed by atoms with E-state index in [1.165, 1.54) is 4.57 Å². The van der Waals surface area contributed by atoms with Crippen LogP contribution in [-0.4, -0.2) is 31.5 Å². The van der Waals surface area contributed by atoms with Crippen LogP contribution in [0.1, 0.15) is 43.2 Å². The fraction of sp³-hybridized carbons (Fsp3) is 0.409. The van der Waals surface area contributed by atoms with E-state index in [0.717, 1.165) is 37.9 Å². The van der Waals surface area contributed by atoms with Gasteiger partial charge in [-0.25, -0.2) is 4.98 Å². The van der Waals surface area contributed by atoms with Crippen LogP contribution in [0.15, 0.2) is 47.4 Å². The van der Waals surface area contributed by atoms with Crippen molar-refractivity contribution in [2.45, 2.75) is 45.2 Å². The van der Waals surface area contributed by atoms with Gasteiger partial charge >= 0.3 is 0 Å². The van der Waals surface area contributed by atoms with Crippen LogP contribution < -0.4 is 5.56 Å². The Kier molecular flexibility index (Phi) is 5.03. The van der Waals surface area contributed by atoms with Crippen LogP contribution in [-0.2, 0) is 18.4 Å². The van der Waals surface area contributed by atoms with Crippen molar-refractivity contribution >= 4 is 16.8 Å². The Hall–Kier alpha value is -2.89. The molecule has 1 aromatic carbocycles. The highest BCUT2D eigenvalue weighted by molar-refractivity contribution is 5.79. The highest BCUT2D eigenvalue weighted by atomic mass is 16.2. The monoisotopic (exact) mass is 378 g/mol. The molecule has 3 aromatic rings. The molecule has 6 heteroatoms. The van der Waals surface area contributed by atoms with Gasteiger partial charge in [-0.3, -0.25) is 14.2 Å². The third-order valence-electron chi connectivity index (χ3n) is 5.74. The number of amides is 1. The molecule has 0 bridgehead atoms. The van der Waals surface area contributed by atoms with Crippen LogP contribution in [0.2, 0.25) is 0 Å². The second-order valence-corrected chi connectivity index (χ2v) is 7.56. The van der Waals surface area contributed by atoms with Gasteiger partial charge in [-0.05, 0) is 44.0 Å². The van der Waals surface area contributed by atoms with Crippen molar-refractivity contribution < 1.29 is 4.79 Å². The zero-order valence-corrected chi connectivity index (χ0v) is 16.5. The van der Waals surface area contributed by atoms with Gasteiger partial charge in [-0.15, -0.1) is 0 Å². The summed E-state index contributed by atoms with van der Waals surface area (Å²) < 4.78 is 3.60. The molecule has 3 heterocycles. The highest BCUT2D eigenvalue weighted by Gasteiger charge is 2.28. The SMILES string of the molecule is Cc1nc2ccccc2c(=O)n1CC(=O)N1CCCCC[C@@H]1c1cccn1C. The molecule has 1 aliphatic rings. The van der Waals surface area contributed by atoms with Crippen LogP contribution in [0.5, 0.6) is 0 Å². The van der Waals surface area contributed by atoms with Gasteiger partial charge in [0.1, 0.15) is 12.4 Å². The van der Waals surface area contributed by atoms with Gasteiger partial charge in [-0.1, -0.05) is 25.0 Å². The number of carbonyl (C=O) groups excluding carboxylic acids is 1. The number of aromatic nitrogens is 3. The van der Waals surface area contributed by atoms with E-state index in [9.17, 15) is 9.59 Å². The van der Waals surface area contributed by atoms with Gasteiger partial charge < -0.3 is 9.47 Å². The van der Waals surface area contributed by atoms with Gasteiger partial charge in [0.15, 0.2) is 0 Å². The van der Waals surface area contributed by atoms with Gasteiger partial charge in [0.05, 0.1) is 16.9 Å². The number of para-hydroxylation sites is 1. The molecule has 0 unspecified atom stereocenters. The van der Waals surface area contributed by atoms with Crippen molar-refractivity contribution in [3.8, 4) is 0 Å². The lowest BCUT2D eigenvalue weighted by molar-refractivity contribution is -0.134. The van der Waals surface area contributed by atoms with E-state index < -0.39 is 0 Å². The molecule has 1 atom stereocenters. The van der Waals surface area contributed by atoms with Crippen molar-refractivity contribution in [3.05, 3.63) is 64.5 Å². The Labute approximate surface area is 164 Å². The lowest BCUT2D eigenvalue weighted by atomic mass is 10.1. The summed E-state index contributed by atoms with van der Waals surface area (Å²) in [6.07, 6.45) is 6.20. The maximum atomic E-state index is 13.3. The minimum absolute atomic E-state index is 0.0182. The molecule has 6 nitrogen and oxygen atoms in total.